The van der Waals surface area contributed by atoms with Crippen molar-refractivity contribution in [1.29, 1.82) is 0 Å². The Morgan fingerprint density at radius 2 is 0.903 bits per heavy atom. The number of phosphoric ester groups is 1. The molecular formula is C52H95O9P. The number of aliphatic hydroxyl groups excluding tert-OH is 2. The maximum Gasteiger partial charge on any atom is 0.472 e. The van der Waals surface area contributed by atoms with Gasteiger partial charge in [0, 0.05) is 13.0 Å². The van der Waals surface area contributed by atoms with E-state index in [9.17, 15) is 19.4 Å². The van der Waals surface area contributed by atoms with Crippen LogP contribution in [0, 0.1) is 0 Å². The first-order chi connectivity index (χ1) is 30.3. The lowest BCUT2D eigenvalue weighted by Crippen LogP contribution is -2.29. The van der Waals surface area contributed by atoms with E-state index in [1.807, 2.05) is 0 Å². The molecule has 0 bridgehead atoms. The minimum Gasteiger partial charge on any atom is -0.457 e. The van der Waals surface area contributed by atoms with Gasteiger partial charge in [-0.2, -0.15) is 0 Å². The largest absolute Gasteiger partial charge is 0.472 e. The molecule has 0 aliphatic heterocycles. The van der Waals surface area contributed by atoms with E-state index in [1.54, 1.807) is 0 Å². The Balaban J connectivity index is 4.10. The average molecular weight is 895 g/mol. The summed E-state index contributed by atoms with van der Waals surface area (Å²) in [4.78, 5) is 22.6. The van der Waals surface area contributed by atoms with Crippen molar-refractivity contribution in [2.75, 3.05) is 33.0 Å². The highest BCUT2D eigenvalue weighted by atomic mass is 31.2. The van der Waals surface area contributed by atoms with Gasteiger partial charge in [-0.25, -0.2) is 4.57 Å². The Bertz CT molecular complexity index is 1150. The van der Waals surface area contributed by atoms with Crippen LogP contribution >= 0.6 is 7.82 Å². The molecule has 0 aromatic carbocycles. The third-order valence-corrected chi connectivity index (χ3v) is 11.7. The molecule has 362 valence electrons. The van der Waals surface area contributed by atoms with Gasteiger partial charge in [0.15, 0.2) is 0 Å². The van der Waals surface area contributed by atoms with E-state index in [0.29, 0.717) is 13.0 Å². The SMILES string of the molecule is CC/C=C\C/C=C\C/C=C\C/C=C\C/C=C\CCCC(=O)OC(COCCCCCCCCCCCCCCCCCCCCCCCCCC)COP(=O)(O)OCC(O)CO. The normalized spacial score (nSPS) is 14.3. The van der Waals surface area contributed by atoms with Gasteiger partial charge >= 0.3 is 13.8 Å². The van der Waals surface area contributed by atoms with Gasteiger partial charge in [0.25, 0.3) is 0 Å². The lowest BCUT2D eigenvalue weighted by Gasteiger charge is -2.20. The number of unbranched alkanes of at least 4 members (excludes halogenated alkanes) is 24. The van der Waals surface area contributed by atoms with E-state index in [1.165, 1.54) is 135 Å². The molecule has 3 unspecified atom stereocenters. The van der Waals surface area contributed by atoms with Gasteiger partial charge in [0.05, 0.1) is 26.4 Å². The summed E-state index contributed by atoms with van der Waals surface area (Å²) in [6.45, 7) is 3.36. The van der Waals surface area contributed by atoms with Crippen LogP contribution in [-0.4, -0.2) is 66.3 Å². The molecule has 10 heteroatoms. The highest BCUT2D eigenvalue weighted by molar-refractivity contribution is 7.47. The zero-order chi connectivity index (χ0) is 45.3. The standard InChI is InChI=1S/C52H95O9P/c1-3-5-7-9-11-13-15-17-19-21-22-23-24-25-26-27-29-31-33-35-37-39-41-43-45-58-48-51(49-60-62(56,57)59-47-50(54)46-53)61-52(55)44-42-40-38-36-34-32-30-28-20-18-16-14-12-10-8-6-4-2/h6,8,12,14,18,20,30,32,36,38,50-51,53-54H,3-5,7,9-11,13,15-17,19,21-29,31,33-35,37,39-49H2,1-2H3,(H,56,57)/b8-6-,14-12-,20-18-,32-30-,38-36-. The fraction of sp³-hybridized carbons (Fsp3) is 0.788. The van der Waals surface area contributed by atoms with Gasteiger partial charge < -0.3 is 24.6 Å². The second-order valence-electron chi connectivity index (χ2n) is 16.8. The number of aliphatic hydroxyl groups is 2. The van der Waals surface area contributed by atoms with E-state index >= 15 is 0 Å². The van der Waals surface area contributed by atoms with Gasteiger partial charge in [0.1, 0.15) is 12.2 Å². The van der Waals surface area contributed by atoms with Crippen LogP contribution in [0.5, 0.6) is 0 Å². The first-order valence-electron chi connectivity index (χ1n) is 25.3. The van der Waals surface area contributed by atoms with Gasteiger partial charge in [-0.3, -0.25) is 13.8 Å². The molecule has 0 saturated heterocycles. The summed E-state index contributed by atoms with van der Waals surface area (Å²) in [5.41, 5.74) is 0. The molecule has 0 aromatic rings. The molecule has 0 fully saturated rings. The number of allylic oxidation sites excluding steroid dienone is 10. The van der Waals surface area contributed by atoms with Crippen LogP contribution in [0.1, 0.15) is 219 Å². The Labute approximate surface area is 380 Å². The molecule has 0 radical (unpaired) electrons. The van der Waals surface area contributed by atoms with E-state index < -0.39 is 45.8 Å². The molecule has 0 heterocycles. The fourth-order valence-corrected chi connectivity index (χ4v) is 7.71. The molecule has 0 spiro atoms. The predicted molar refractivity (Wildman–Crippen MR) is 260 cm³/mol. The molecule has 0 rings (SSSR count). The number of rotatable bonds is 48. The summed E-state index contributed by atoms with van der Waals surface area (Å²) in [6, 6.07) is 0. The van der Waals surface area contributed by atoms with Crippen LogP contribution in [-0.2, 0) is 27.9 Å². The molecule has 3 N–H and O–H groups in total. The zero-order valence-corrected chi connectivity index (χ0v) is 40.7. The minimum absolute atomic E-state index is 0.0269. The summed E-state index contributed by atoms with van der Waals surface area (Å²) in [6.07, 6.45) is 57.8. The molecule has 0 aliphatic carbocycles. The Kier molecular flexibility index (Phi) is 47.2. The topological polar surface area (TPSA) is 132 Å². The quantitative estimate of drug-likeness (QED) is 0.0236. The van der Waals surface area contributed by atoms with Crippen LogP contribution in [0.25, 0.3) is 0 Å². The second kappa shape index (κ2) is 48.6. The number of carbonyl (C=O) groups excluding carboxylic acids is 1. The Hall–Kier alpha value is -1.84. The number of carbonyl (C=O) groups is 1. The molecular weight excluding hydrogens is 800 g/mol. The van der Waals surface area contributed by atoms with Crippen molar-refractivity contribution < 1.29 is 43.0 Å². The van der Waals surface area contributed by atoms with Crippen molar-refractivity contribution in [2.45, 2.75) is 232 Å². The van der Waals surface area contributed by atoms with Crippen molar-refractivity contribution in [3.63, 3.8) is 0 Å². The monoisotopic (exact) mass is 895 g/mol. The van der Waals surface area contributed by atoms with E-state index in [4.69, 9.17) is 23.6 Å². The number of hydrogen-bond donors (Lipinski definition) is 3. The first kappa shape index (κ1) is 60.2. The van der Waals surface area contributed by atoms with Gasteiger partial charge in [0.2, 0.25) is 0 Å². The summed E-state index contributed by atoms with van der Waals surface area (Å²) < 4.78 is 33.4. The molecule has 0 aliphatic rings. The number of phosphoric acid groups is 1. The fourth-order valence-electron chi connectivity index (χ4n) is 6.92. The van der Waals surface area contributed by atoms with Crippen molar-refractivity contribution in [1.82, 2.24) is 0 Å². The summed E-state index contributed by atoms with van der Waals surface area (Å²) >= 11 is 0. The van der Waals surface area contributed by atoms with Crippen molar-refractivity contribution >= 4 is 13.8 Å². The van der Waals surface area contributed by atoms with Crippen molar-refractivity contribution in [3.8, 4) is 0 Å². The summed E-state index contributed by atoms with van der Waals surface area (Å²) in [5, 5.41) is 18.4. The van der Waals surface area contributed by atoms with Crippen LogP contribution in [0.4, 0.5) is 0 Å². The number of esters is 1. The Morgan fingerprint density at radius 3 is 1.32 bits per heavy atom. The lowest BCUT2D eigenvalue weighted by molar-refractivity contribution is -0.154. The van der Waals surface area contributed by atoms with E-state index in [-0.39, 0.29) is 13.0 Å². The van der Waals surface area contributed by atoms with Gasteiger partial charge in [-0.15, -0.1) is 0 Å². The average Bonchev–Trinajstić information content (AvgIpc) is 3.26. The molecule has 0 aromatic heterocycles. The first-order valence-corrected chi connectivity index (χ1v) is 26.8. The smallest absolute Gasteiger partial charge is 0.457 e. The number of hydrogen-bond acceptors (Lipinski definition) is 8. The molecule has 3 atom stereocenters. The molecule has 0 saturated carbocycles. The van der Waals surface area contributed by atoms with Crippen LogP contribution in [0.2, 0.25) is 0 Å². The van der Waals surface area contributed by atoms with Crippen molar-refractivity contribution in [3.05, 3.63) is 60.8 Å². The lowest BCUT2D eigenvalue weighted by atomic mass is 10.0. The molecule has 9 nitrogen and oxygen atoms in total. The maximum absolute atomic E-state index is 12.6. The van der Waals surface area contributed by atoms with Gasteiger partial charge in [-0.05, 0) is 51.4 Å². The molecule has 0 amide bonds. The van der Waals surface area contributed by atoms with Crippen LogP contribution in [0.3, 0.4) is 0 Å². The summed E-state index contributed by atoms with van der Waals surface area (Å²) in [7, 11) is -4.54. The van der Waals surface area contributed by atoms with Crippen LogP contribution < -0.4 is 0 Å². The number of ether oxygens (including phenoxy) is 2. The third kappa shape index (κ3) is 47.6. The highest BCUT2D eigenvalue weighted by Crippen LogP contribution is 2.43. The van der Waals surface area contributed by atoms with Gasteiger partial charge in [-0.1, -0.05) is 222 Å². The predicted octanol–water partition coefficient (Wildman–Crippen LogP) is 14.7. The highest BCUT2D eigenvalue weighted by Gasteiger charge is 2.26. The van der Waals surface area contributed by atoms with E-state index in [0.717, 1.165) is 57.8 Å². The Morgan fingerprint density at radius 1 is 0.516 bits per heavy atom. The van der Waals surface area contributed by atoms with E-state index in [2.05, 4.69) is 74.6 Å². The third-order valence-electron chi connectivity index (χ3n) is 10.7. The van der Waals surface area contributed by atoms with Crippen molar-refractivity contribution in [2.24, 2.45) is 0 Å². The summed E-state index contributed by atoms with van der Waals surface area (Å²) in [5.74, 6) is -0.436. The maximum atomic E-state index is 12.6. The second-order valence-corrected chi connectivity index (χ2v) is 18.3. The van der Waals surface area contributed by atoms with Crippen LogP contribution in [0.15, 0.2) is 60.8 Å². The molecule has 62 heavy (non-hydrogen) atoms. The zero-order valence-electron chi connectivity index (χ0n) is 39.8. The minimum atomic E-state index is -4.54.